The van der Waals surface area contributed by atoms with Gasteiger partial charge in [-0.25, -0.2) is 4.79 Å². The summed E-state index contributed by atoms with van der Waals surface area (Å²) in [4.78, 5) is 27.8. The zero-order valence-corrected chi connectivity index (χ0v) is 13.3. The SMILES string of the molecule is CC(NC(=O)c1ccncc1)c1onc(-c2ccccc2)c1C(=O)O. The maximum Gasteiger partial charge on any atom is 0.341 e. The van der Waals surface area contributed by atoms with Gasteiger partial charge in [0, 0.05) is 23.5 Å². The molecule has 0 saturated heterocycles. The minimum absolute atomic E-state index is 0.0614. The fourth-order valence-corrected chi connectivity index (χ4v) is 2.45. The van der Waals surface area contributed by atoms with E-state index in [1.165, 1.54) is 12.4 Å². The van der Waals surface area contributed by atoms with Crippen LogP contribution in [0, 0.1) is 0 Å². The summed E-state index contributed by atoms with van der Waals surface area (Å²) in [5.41, 5.74) is 1.21. The summed E-state index contributed by atoms with van der Waals surface area (Å²) in [7, 11) is 0. The van der Waals surface area contributed by atoms with Gasteiger partial charge in [-0.3, -0.25) is 9.78 Å². The number of carboxylic acid groups (broad SMARTS) is 1. The van der Waals surface area contributed by atoms with Gasteiger partial charge in [0.2, 0.25) is 0 Å². The molecule has 1 atom stereocenters. The van der Waals surface area contributed by atoms with E-state index >= 15 is 0 Å². The van der Waals surface area contributed by atoms with Crippen molar-refractivity contribution in [2.24, 2.45) is 0 Å². The lowest BCUT2D eigenvalue weighted by Crippen LogP contribution is -2.27. The topological polar surface area (TPSA) is 105 Å². The molecule has 1 aromatic carbocycles. The molecule has 0 aliphatic rings. The fourth-order valence-electron chi connectivity index (χ4n) is 2.45. The van der Waals surface area contributed by atoms with Crippen LogP contribution in [0.3, 0.4) is 0 Å². The number of pyridine rings is 1. The van der Waals surface area contributed by atoms with Crippen LogP contribution in [0.4, 0.5) is 0 Å². The molecule has 0 radical (unpaired) electrons. The Morgan fingerprint density at radius 3 is 2.44 bits per heavy atom. The Morgan fingerprint density at radius 1 is 1.12 bits per heavy atom. The number of nitrogens with zero attached hydrogens (tertiary/aromatic N) is 2. The van der Waals surface area contributed by atoms with Crippen molar-refractivity contribution < 1.29 is 19.2 Å². The smallest absolute Gasteiger partial charge is 0.341 e. The first-order valence-electron chi connectivity index (χ1n) is 7.57. The molecular formula is C18H15N3O4. The molecule has 7 nitrogen and oxygen atoms in total. The van der Waals surface area contributed by atoms with E-state index in [0.29, 0.717) is 11.1 Å². The van der Waals surface area contributed by atoms with Crippen molar-refractivity contribution in [3.05, 3.63) is 71.7 Å². The average molecular weight is 337 g/mol. The Bertz CT molecular complexity index is 891. The number of carbonyl (C=O) groups is 2. The molecule has 1 unspecified atom stereocenters. The summed E-state index contributed by atoms with van der Waals surface area (Å²) in [6, 6.07) is 11.3. The molecule has 7 heteroatoms. The molecule has 0 saturated carbocycles. The number of hydrogen-bond acceptors (Lipinski definition) is 5. The number of amides is 1. The molecule has 2 aromatic heterocycles. The molecule has 126 valence electrons. The Labute approximate surface area is 143 Å². The van der Waals surface area contributed by atoms with Crippen LogP contribution in [0.15, 0.2) is 59.4 Å². The van der Waals surface area contributed by atoms with Gasteiger partial charge in [0.15, 0.2) is 5.76 Å². The Hall–Kier alpha value is -3.48. The van der Waals surface area contributed by atoms with E-state index < -0.39 is 12.0 Å². The van der Waals surface area contributed by atoms with Gasteiger partial charge >= 0.3 is 5.97 Å². The summed E-state index contributed by atoms with van der Waals surface area (Å²) in [5.74, 6) is -1.43. The molecule has 1 amide bonds. The maximum absolute atomic E-state index is 12.2. The first-order chi connectivity index (χ1) is 12.1. The molecule has 0 aliphatic heterocycles. The second kappa shape index (κ2) is 6.96. The third-order valence-corrected chi connectivity index (χ3v) is 3.66. The van der Waals surface area contributed by atoms with Gasteiger partial charge in [-0.05, 0) is 19.1 Å². The first-order valence-corrected chi connectivity index (χ1v) is 7.57. The standard InChI is InChI=1S/C18H15N3O4/c1-11(20-17(22)13-7-9-19-10-8-13)16-14(18(23)24)15(21-25-16)12-5-3-2-4-6-12/h2-11H,1H3,(H,20,22)(H,23,24). The molecule has 0 fully saturated rings. The number of nitrogens with one attached hydrogen (secondary N) is 1. The lowest BCUT2D eigenvalue weighted by Gasteiger charge is -2.11. The van der Waals surface area contributed by atoms with Gasteiger partial charge in [-0.15, -0.1) is 0 Å². The van der Waals surface area contributed by atoms with E-state index in [1.807, 2.05) is 6.07 Å². The zero-order chi connectivity index (χ0) is 17.8. The number of benzene rings is 1. The van der Waals surface area contributed by atoms with Crippen LogP contribution >= 0.6 is 0 Å². The van der Waals surface area contributed by atoms with Crippen molar-refractivity contribution in [1.29, 1.82) is 0 Å². The van der Waals surface area contributed by atoms with E-state index in [9.17, 15) is 14.7 Å². The molecule has 3 aromatic rings. The number of aromatic nitrogens is 2. The Morgan fingerprint density at radius 2 is 1.80 bits per heavy atom. The average Bonchev–Trinajstić information content (AvgIpc) is 3.08. The third-order valence-electron chi connectivity index (χ3n) is 3.66. The quantitative estimate of drug-likeness (QED) is 0.741. The van der Waals surface area contributed by atoms with Gasteiger partial charge < -0.3 is 14.9 Å². The summed E-state index contributed by atoms with van der Waals surface area (Å²) in [6.07, 6.45) is 3.01. The fraction of sp³-hybridized carbons (Fsp3) is 0.111. The summed E-state index contributed by atoms with van der Waals surface area (Å²) >= 11 is 0. The van der Waals surface area contributed by atoms with Crippen LogP contribution in [0.2, 0.25) is 0 Å². The van der Waals surface area contributed by atoms with E-state index in [2.05, 4.69) is 15.5 Å². The van der Waals surface area contributed by atoms with Crippen molar-refractivity contribution in [3.63, 3.8) is 0 Å². The van der Waals surface area contributed by atoms with Gasteiger partial charge in [0.25, 0.3) is 5.91 Å². The minimum Gasteiger partial charge on any atom is -0.477 e. The first kappa shape index (κ1) is 16.4. The van der Waals surface area contributed by atoms with Crippen LogP contribution in [-0.2, 0) is 0 Å². The van der Waals surface area contributed by atoms with E-state index in [-0.39, 0.29) is 22.9 Å². The molecule has 2 heterocycles. The van der Waals surface area contributed by atoms with Crippen LogP contribution in [0.5, 0.6) is 0 Å². The van der Waals surface area contributed by atoms with Gasteiger partial charge in [-0.1, -0.05) is 35.5 Å². The second-order valence-electron chi connectivity index (χ2n) is 5.37. The minimum atomic E-state index is -1.17. The summed E-state index contributed by atoms with van der Waals surface area (Å²) < 4.78 is 5.25. The number of carbonyl (C=O) groups excluding carboxylic acids is 1. The predicted octanol–water partition coefficient (Wildman–Crippen LogP) is 2.93. The highest BCUT2D eigenvalue weighted by Gasteiger charge is 2.28. The number of hydrogen-bond donors (Lipinski definition) is 2. The maximum atomic E-state index is 12.2. The molecule has 2 N–H and O–H groups in total. The third kappa shape index (κ3) is 3.40. The Kier molecular flexibility index (Phi) is 4.56. The van der Waals surface area contributed by atoms with Gasteiger partial charge in [-0.2, -0.15) is 0 Å². The molecule has 3 rings (SSSR count). The lowest BCUT2D eigenvalue weighted by atomic mass is 10.0. The number of rotatable bonds is 5. The highest BCUT2D eigenvalue weighted by atomic mass is 16.5. The highest BCUT2D eigenvalue weighted by Crippen LogP contribution is 2.29. The molecule has 0 aliphatic carbocycles. The van der Waals surface area contributed by atoms with Crippen LogP contribution in [0.25, 0.3) is 11.3 Å². The Balaban J connectivity index is 1.91. The van der Waals surface area contributed by atoms with E-state index in [1.54, 1.807) is 43.3 Å². The van der Waals surface area contributed by atoms with Crippen LogP contribution in [-0.4, -0.2) is 27.1 Å². The van der Waals surface area contributed by atoms with Gasteiger partial charge in [0.05, 0.1) is 6.04 Å². The largest absolute Gasteiger partial charge is 0.477 e. The molecular weight excluding hydrogens is 322 g/mol. The van der Waals surface area contributed by atoms with Crippen LogP contribution < -0.4 is 5.32 Å². The van der Waals surface area contributed by atoms with Crippen molar-refractivity contribution in [2.45, 2.75) is 13.0 Å². The molecule has 0 spiro atoms. The second-order valence-corrected chi connectivity index (χ2v) is 5.37. The number of carboxylic acids is 1. The molecule has 0 bridgehead atoms. The van der Waals surface area contributed by atoms with Crippen molar-refractivity contribution in [1.82, 2.24) is 15.5 Å². The van der Waals surface area contributed by atoms with Crippen molar-refractivity contribution in [3.8, 4) is 11.3 Å². The van der Waals surface area contributed by atoms with E-state index in [4.69, 9.17) is 4.52 Å². The number of aromatic carboxylic acids is 1. The van der Waals surface area contributed by atoms with Crippen LogP contribution in [0.1, 0.15) is 39.4 Å². The highest BCUT2D eigenvalue weighted by molar-refractivity contribution is 5.97. The van der Waals surface area contributed by atoms with E-state index in [0.717, 1.165) is 0 Å². The monoisotopic (exact) mass is 337 g/mol. The zero-order valence-electron chi connectivity index (χ0n) is 13.3. The van der Waals surface area contributed by atoms with Crippen molar-refractivity contribution in [2.75, 3.05) is 0 Å². The molecule has 25 heavy (non-hydrogen) atoms. The summed E-state index contributed by atoms with van der Waals surface area (Å²) in [5, 5.41) is 16.2. The normalized spacial score (nSPS) is 11.7. The predicted molar refractivity (Wildman–Crippen MR) is 89.0 cm³/mol. The van der Waals surface area contributed by atoms with Crippen molar-refractivity contribution >= 4 is 11.9 Å². The summed E-state index contributed by atoms with van der Waals surface area (Å²) in [6.45, 7) is 1.64. The lowest BCUT2D eigenvalue weighted by molar-refractivity contribution is 0.0692. The van der Waals surface area contributed by atoms with Gasteiger partial charge in [0.1, 0.15) is 11.3 Å².